The van der Waals surface area contributed by atoms with Crippen LogP contribution in [0.2, 0.25) is 0 Å². The third-order valence-corrected chi connectivity index (χ3v) is 5.98. The summed E-state index contributed by atoms with van der Waals surface area (Å²) < 4.78 is 23.2. The summed E-state index contributed by atoms with van der Waals surface area (Å²) in [7, 11) is -3.02. The fourth-order valence-corrected chi connectivity index (χ4v) is 4.80. The largest absolute Gasteiger partial charge is 0.326 e. The zero-order valence-corrected chi connectivity index (χ0v) is 12.7. The van der Waals surface area contributed by atoms with Crippen molar-refractivity contribution >= 4 is 15.7 Å². The number of nitrogens with one attached hydrogen (secondary N) is 1. The molecule has 0 aromatic carbocycles. The van der Waals surface area contributed by atoms with Crippen molar-refractivity contribution in [3.8, 4) is 12.3 Å². The average Bonchev–Trinajstić information content (AvgIpc) is 2.76. The first-order chi connectivity index (χ1) is 9.44. The Morgan fingerprint density at radius 1 is 1.45 bits per heavy atom. The fourth-order valence-electron chi connectivity index (χ4n) is 3.07. The molecule has 2 rings (SSSR count). The van der Waals surface area contributed by atoms with Gasteiger partial charge in [0.15, 0.2) is 9.84 Å². The van der Waals surface area contributed by atoms with E-state index in [2.05, 4.69) is 11.2 Å². The first-order valence-corrected chi connectivity index (χ1v) is 8.94. The molecule has 2 aliphatic rings. The average molecular weight is 298 g/mol. The van der Waals surface area contributed by atoms with E-state index in [1.54, 1.807) is 4.90 Å². The molecule has 0 aromatic rings. The first kappa shape index (κ1) is 15.3. The Balaban J connectivity index is 2.12. The summed E-state index contributed by atoms with van der Waals surface area (Å²) in [6.45, 7) is 3.06. The lowest BCUT2D eigenvalue weighted by atomic mass is 9.91. The number of terminal acetylenes is 1. The minimum atomic E-state index is -3.02. The van der Waals surface area contributed by atoms with E-state index in [0.717, 1.165) is 19.4 Å². The lowest BCUT2D eigenvalue weighted by Gasteiger charge is -2.35. The fraction of sp³-hybridized carbons (Fsp3) is 0.786. The van der Waals surface area contributed by atoms with Crippen LogP contribution in [-0.2, 0) is 14.6 Å². The van der Waals surface area contributed by atoms with E-state index < -0.39 is 9.84 Å². The van der Waals surface area contributed by atoms with Gasteiger partial charge in [0.05, 0.1) is 24.1 Å². The van der Waals surface area contributed by atoms with Gasteiger partial charge in [0.1, 0.15) is 0 Å². The molecular formula is C14H22N2O3S. The number of hydrogen-bond donors (Lipinski definition) is 1. The SMILES string of the molecule is C#CCN(C(=O)C1NCCCC1C)C1CCS(=O)(=O)C1. The number of rotatable bonds is 3. The molecule has 0 aliphatic carbocycles. The van der Waals surface area contributed by atoms with Gasteiger partial charge < -0.3 is 10.2 Å². The maximum Gasteiger partial charge on any atom is 0.241 e. The van der Waals surface area contributed by atoms with Gasteiger partial charge in [-0.1, -0.05) is 12.8 Å². The van der Waals surface area contributed by atoms with E-state index >= 15 is 0 Å². The molecule has 6 heteroatoms. The third kappa shape index (κ3) is 3.33. The van der Waals surface area contributed by atoms with E-state index in [1.807, 2.05) is 6.92 Å². The van der Waals surface area contributed by atoms with Gasteiger partial charge in [-0.05, 0) is 31.7 Å². The van der Waals surface area contributed by atoms with Crippen LogP contribution in [0.3, 0.4) is 0 Å². The molecular weight excluding hydrogens is 276 g/mol. The second kappa shape index (κ2) is 6.15. The van der Waals surface area contributed by atoms with Crippen molar-refractivity contribution in [2.24, 2.45) is 5.92 Å². The zero-order chi connectivity index (χ0) is 14.8. The summed E-state index contributed by atoms with van der Waals surface area (Å²) in [5.74, 6) is 2.90. The summed E-state index contributed by atoms with van der Waals surface area (Å²) in [6, 6.07) is -0.500. The van der Waals surface area contributed by atoms with Gasteiger partial charge in [-0.25, -0.2) is 8.42 Å². The normalized spacial score (nSPS) is 32.5. The molecule has 0 radical (unpaired) electrons. The predicted octanol–water partition coefficient (Wildman–Crippen LogP) is 0.0234. The molecule has 0 aromatic heterocycles. The van der Waals surface area contributed by atoms with Crippen molar-refractivity contribution in [2.75, 3.05) is 24.6 Å². The second-order valence-electron chi connectivity index (χ2n) is 5.78. The van der Waals surface area contributed by atoms with Crippen LogP contribution in [-0.4, -0.2) is 55.9 Å². The highest BCUT2D eigenvalue weighted by atomic mass is 32.2. The maximum atomic E-state index is 12.7. The Morgan fingerprint density at radius 2 is 2.20 bits per heavy atom. The van der Waals surface area contributed by atoms with Crippen molar-refractivity contribution in [3.63, 3.8) is 0 Å². The van der Waals surface area contributed by atoms with Gasteiger partial charge >= 0.3 is 0 Å². The quantitative estimate of drug-likeness (QED) is 0.746. The van der Waals surface area contributed by atoms with Crippen LogP contribution in [0.1, 0.15) is 26.2 Å². The van der Waals surface area contributed by atoms with Crippen molar-refractivity contribution < 1.29 is 13.2 Å². The zero-order valence-electron chi connectivity index (χ0n) is 11.8. The Kier molecular flexibility index (Phi) is 4.71. The smallest absolute Gasteiger partial charge is 0.241 e. The standard InChI is InChI=1S/C14H22N2O3S/c1-3-8-16(12-6-9-20(18,19)10-12)14(17)13-11(2)5-4-7-15-13/h1,11-13,15H,4-10H2,2H3. The number of nitrogens with zero attached hydrogens (tertiary/aromatic N) is 1. The summed E-state index contributed by atoms with van der Waals surface area (Å²) in [5.41, 5.74) is 0. The van der Waals surface area contributed by atoms with Gasteiger partial charge in [-0.15, -0.1) is 6.42 Å². The first-order valence-electron chi connectivity index (χ1n) is 7.12. The molecule has 2 fully saturated rings. The molecule has 0 spiro atoms. The molecule has 0 saturated carbocycles. The predicted molar refractivity (Wildman–Crippen MR) is 77.8 cm³/mol. The van der Waals surface area contributed by atoms with E-state index in [-0.39, 0.29) is 42.0 Å². The van der Waals surface area contributed by atoms with Gasteiger partial charge in [0.25, 0.3) is 0 Å². The van der Waals surface area contributed by atoms with Crippen LogP contribution in [0, 0.1) is 18.3 Å². The lowest BCUT2D eigenvalue weighted by molar-refractivity contribution is -0.136. The van der Waals surface area contributed by atoms with Gasteiger partial charge in [-0.3, -0.25) is 4.79 Å². The van der Waals surface area contributed by atoms with Crippen LogP contribution in [0.25, 0.3) is 0 Å². The lowest BCUT2D eigenvalue weighted by Crippen LogP contribution is -2.55. The third-order valence-electron chi connectivity index (χ3n) is 4.23. The number of amides is 1. The second-order valence-corrected chi connectivity index (χ2v) is 8.01. The van der Waals surface area contributed by atoms with Crippen LogP contribution in [0.5, 0.6) is 0 Å². The summed E-state index contributed by atoms with van der Waals surface area (Å²) in [4.78, 5) is 14.3. The highest BCUT2D eigenvalue weighted by molar-refractivity contribution is 7.91. The molecule has 2 saturated heterocycles. The van der Waals surface area contributed by atoms with Crippen molar-refractivity contribution in [3.05, 3.63) is 0 Å². The van der Waals surface area contributed by atoms with Crippen LogP contribution < -0.4 is 5.32 Å². The van der Waals surface area contributed by atoms with E-state index in [9.17, 15) is 13.2 Å². The van der Waals surface area contributed by atoms with Crippen LogP contribution in [0.15, 0.2) is 0 Å². The van der Waals surface area contributed by atoms with Crippen molar-refractivity contribution in [1.82, 2.24) is 10.2 Å². The number of piperidine rings is 1. The molecule has 2 heterocycles. The molecule has 1 amide bonds. The maximum absolute atomic E-state index is 12.7. The highest BCUT2D eigenvalue weighted by Crippen LogP contribution is 2.22. The van der Waals surface area contributed by atoms with Gasteiger partial charge in [-0.2, -0.15) is 0 Å². The molecule has 0 bridgehead atoms. The number of sulfone groups is 1. The van der Waals surface area contributed by atoms with Crippen LogP contribution >= 0.6 is 0 Å². The number of carbonyl (C=O) groups excluding carboxylic acids is 1. The number of carbonyl (C=O) groups is 1. The molecule has 2 aliphatic heterocycles. The summed E-state index contributed by atoms with van der Waals surface area (Å²) >= 11 is 0. The highest BCUT2D eigenvalue weighted by Gasteiger charge is 2.38. The monoisotopic (exact) mass is 298 g/mol. The minimum absolute atomic E-state index is 0.0432. The Morgan fingerprint density at radius 3 is 2.75 bits per heavy atom. The summed E-state index contributed by atoms with van der Waals surface area (Å²) in [6.07, 6.45) is 7.93. The van der Waals surface area contributed by atoms with Gasteiger partial charge in [0, 0.05) is 6.04 Å². The Bertz CT molecular complexity index is 509. The Hall–Kier alpha value is -1.06. The Labute approximate surface area is 121 Å². The van der Waals surface area contributed by atoms with Gasteiger partial charge in [0.2, 0.25) is 5.91 Å². The van der Waals surface area contributed by atoms with E-state index in [4.69, 9.17) is 6.42 Å². The van der Waals surface area contributed by atoms with Crippen LogP contribution in [0.4, 0.5) is 0 Å². The molecule has 20 heavy (non-hydrogen) atoms. The number of hydrogen-bond acceptors (Lipinski definition) is 4. The molecule has 1 N–H and O–H groups in total. The molecule has 112 valence electrons. The van der Waals surface area contributed by atoms with Crippen molar-refractivity contribution in [1.29, 1.82) is 0 Å². The van der Waals surface area contributed by atoms with E-state index in [1.165, 1.54) is 0 Å². The molecule has 3 unspecified atom stereocenters. The van der Waals surface area contributed by atoms with E-state index in [0.29, 0.717) is 6.42 Å². The molecule has 3 atom stereocenters. The van der Waals surface area contributed by atoms with Crippen molar-refractivity contribution in [2.45, 2.75) is 38.3 Å². The minimum Gasteiger partial charge on any atom is -0.326 e. The topological polar surface area (TPSA) is 66.5 Å². The summed E-state index contributed by atoms with van der Waals surface area (Å²) in [5, 5.41) is 3.24. The molecule has 5 nitrogen and oxygen atoms in total.